The predicted octanol–water partition coefficient (Wildman–Crippen LogP) is 12.4. The molecule has 0 aromatic heterocycles. The Labute approximate surface area is 374 Å². The molecule has 1 aliphatic carbocycles. The third-order valence-electron chi connectivity index (χ3n) is 12.5. The molecule has 0 fully saturated rings. The molecule has 0 radical (unpaired) electrons. The van der Waals surface area contributed by atoms with Crippen molar-refractivity contribution in [1.29, 1.82) is 0 Å². The number of benzene rings is 4. The molecule has 0 bridgehead atoms. The summed E-state index contributed by atoms with van der Waals surface area (Å²) in [7, 11) is 2.19. The van der Waals surface area contributed by atoms with E-state index in [4.69, 9.17) is 49.4 Å². The molecule has 2 aliphatic rings. The van der Waals surface area contributed by atoms with Gasteiger partial charge in [0.05, 0.1) is 44.4 Å². The quantitative estimate of drug-likeness (QED) is 0.0720. The van der Waals surface area contributed by atoms with Crippen molar-refractivity contribution < 1.29 is 37.6 Å². The molecule has 0 amide bonds. The van der Waals surface area contributed by atoms with Gasteiger partial charge in [0.1, 0.15) is 48.7 Å². The number of allylic oxidation sites excluding steroid dienone is 1. The zero-order valence-electron chi connectivity index (χ0n) is 38.5. The summed E-state index contributed by atoms with van der Waals surface area (Å²) in [6.45, 7) is 21.1. The maximum Gasteiger partial charge on any atom is 0.316 e. The van der Waals surface area contributed by atoms with Gasteiger partial charge >= 0.3 is 5.97 Å². The topological polar surface area (TPSA) is 94.0 Å². The van der Waals surface area contributed by atoms with Crippen LogP contribution in [0.15, 0.2) is 95.2 Å². The normalized spacial score (nSPS) is 18.0. The van der Waals surface area contributed by atoms with Crippen LogP contribution in [-0.2, 0) is 36.6 Å². The summed E-state index contributed by atoms with van der Waals surface area (Å²) in [5.74, 6) is 0.929. The summed E-state index contributed by atoms with van der Waals surface area (Å²) in [6.07, 6.45) is 2.15. The zero-order chi connectivity index (χ0) is 44.9. The minimum Gasteiger partial charge on any atom is -0.496 e. The first-order valence-electron chi connectivity index (χ1n) is 21.8. The monoisotopic (exact) mass is 881 g/mol. The fourth-order valence-corrected chi connectivity index (χ4v) is 15.2. The van der Waals surface area contributed by atoms with E-state index in [9.17, 15) is 4.79 Å². The predicted molar refractivity (Wildman–Crippen MR) is 252 cm³/mol. The van der Waals surface area contributed by atoms with E-state index < -0.39 is 20.2 Å². The molecule has 4 aromatic carbocycles. The SMILES string of the molecule is COC(=O)C1C(OCc2ccccc2)=C(c2c(C3=N[C@H](C(C)C)CO3)cc3c(OC)c(Cl)cc(OC)c3c2OCc2ccccc2)C(CO[Si](C(C)C)(C(C)C)C(C)C)=CC1C. The molecule has 11 heteroatoms. The molecule has 332 valence electrons. The number of aliphatic imine (C=N–C) groups is 1. The van der Waals surface area contributed by atoms with E-state index in [-0.39, 0.29) is 37.7 Å². The number of esters is 1. The second kappa shape index (κ2) is 20.2. The second-order valence-electron chi connectivity index (χ2n) is 17.6. The first-order valence-corrected chi connectivity index (χ1v) is 24.3. The Morgan fingerprint density at radius 1 is 0.806 bits per heavy atom. The van der Waals surface area contributed by atoms with Crippen molar-refractivity contribution >= 4 is 48.1 Å². The standard InChI is InChI=1S/C51H64ClNO8Si/c1-30(2)41-29-60-50(53-41)39-24-38-45(42(55-10)25-40(52)47(38)56-11)49(59-27-36-21-17-14-18-22-36)46(39)44-37(28-61-62(31(3)4,32(5)6)33(7)8)23-34(9)43(51(54)57-12)48(44)58-26-35-19-15-13-16-20-35/h13-25,30-34,41,43H,26-29H2,1-12H3/t34?,41-,43?/m0/s1. The number of rotatable bonds is 18. The van der Waals surface area contributed by atoms with Gasteiger partial charge in [-0.25, -0.2) is 4.99 Å². The Balaban J connectivity index is 1.79. The Bertz CT molecular complexity index is 2280. The van der Waals surface area contributed by atoms with Gasteiger partial charge in [-0.3, -0.25) is 4.79 Å². The molecule has 1 heterocycles. The summed E-state index contributed by atoms with van der Waals surface area (Å²) in [6, 6.07) is 23.6. The zero-order valence-corrected chi connectivity index (χ0v) is 40.2. The van der Waals surface area contributed by atoms with Gasteiger partial charge in [-0.2, -0.15) is 0 Å². The maximum atomic E-state index is 14.2. The van der Waals surface area contributed by atoms with Crippen LogP contribution < -0.4 is 14.2 Å². The van der Waals surface area contributed by atoms with Crippen LogP contribution in [0.5, 0.6) is 17.2 Å². The maximum absolute atomic E-state index is 14.2. The van der Waals surface area contributed by atoms with Gasteiger partial charge in [-0.1, -0.05) is 141 Å². The summed E-state index contributed by atoms with van der Waals surface area (Å²) in [5, 5.41) is 1.64. The second-order valence-corrected chi connectivity index (χ2v) is 23.5. The van der Waals surface area contributed by atoms with E-state index in [2.05, 4.69) is 61.5 Å². The molecular formula is C51H64ClNO8Si. The number of halogens is 1. The number of fused-ring (bicyclic) bond motifs is 1. The lowest BCUT2D eigenvalue weighted by atomic mass is 9.77. The Kier molecular flexibility index (Phi) is 15.2. The van der Waals surface area contributed by atoms with Gasteiger partial charge in [-0.05, 0) is 51.2 Å². The Morgan fingerprint density at radius 3 is 1.92 bits per heavy atom. The molecule has 62 heavy (non-hydrogen) atoms. The van der Waals surface area contributed by atoms with Gasteiger partial charge < -0.3 is 32.8 Å². The number of hydrogen-bond donors (Lipinski definition) is 0. The highest BCUT2D eigenvalue weighted by atomic mass is 35.5. The number of carbonyl (C=O) groups excluding carboxylic acids is 1. The van der Waals surface area contributed by atoms with Crippen molar-refractivity contribution in [2.24, 2.45) is 22.7 Å². The van der Waals surface area contributed by atoms with Crippen LogP contribution in [0, 0.1) is 17.8 Å². The van der Waals surface area contributed by atoms with Crippen LogP contribution in [-0.4, -0.2) is 60.8 Å². The Morgan fingerprint density at radius 2 is 1.40 bits per heavy atom. The number of methoxy groups -OCH3 is 3. The third kappa shape index (κ3) is 9.29. The number of nitrogens with zero attached hydrogens (tertiary/aromatic N) is 1. The minimum absolute atomic E-state index is 0.0944. The van der Waals surface area contributed by atoms with E-state index in [0.717, 1.165) is 16.7 Å². The fraction of sp³-hybridized carbons (Fsp3) is 0.451. The molecule has 0 saturated carbocycles. The van der Waals surface area contributed by atoms with Gasteiger partial charge in [0.2, 0.25) is 14.2 Å². The first kappa shape index (κ1) is 46.7. The molecule has 6 rings (SSSR count). The van der Waals surface area contributed by atoms with Crippen LogP contribution in [0.3, 0.4) is 0 Å². The average Bonchev–Trinajstić information content (AvgIpc) is 3.75. The number of hydrogen-bond acceptors (Lipinski definition) is 9. The minimum atomic E-state index is -2.44. The largest absolute Gasteiger partial charge is 0.496 e. The van der Waals surface area contributed by atoms with E-state index in [0.29, 0.717) is 84.6 Å². The summed E-state index contributed by atoms with van der Waals surface area (Å²) >= 11 is 6.96. The average molecular weight is 883 g/mol. The lowest BCUT2D eigenvalue weighted by Gasteiger charge is -2.43. The molecule has 0 saturated heterocycles. The molecule has 0 spiro atoms. The van der Waals surface area contributed by atoms with Gasteiger partial charge in [0.15, 0.2) is 0 Å². The van der Waals surface area contributed by atoms with E-state index in [1.807, 2.05) is 73.7 Å². The summed E-state index contributed by atoms with van der Waals surface area (Å²) < 4.78 is 46.0. The summed E-state index contributed by atoms with van der Waals surface area (Å²) in [4.78, 5) is 19.5. The highest BCUT2D eigenvalue weighted by Crippen LogP contribution is 2.53. The van der Waals surface area contributed by atoms with E-state index >= 15 is 0 Å². The smallest absolute Gasteiger partial charge is 0.316 e. The van der Waals surface area contributed by atoms with Crippen molar-refractivity contribution in [1.82, 2.24) is 0 Å². The van der Waals surface area contributed by atoms with Gasteiger partial charge in [-0.15, -0.1) is 0 Å². The number of carbonyl (C=O) groups is 1. The van der Waals surface area contributed by atoms with Gasteiger partial charge in [0.25, 0.3) is 0 Å². The first-order chi connectivity index (χ1) is 29.7. The van der Waals surface area contributed by atoms with Crippen molar-refractivity contribution in [3.8, 4) is 17.2 Å². The van der Waals surface area contributed by atoms with Crippen molar-refractivity contribution in [3.05, 3.63) is 117 Å². The highest BCUT2D eigenvalue weighted by Gasteiger charge is 2.47. The third-order valence-corrected chi connectivity index (χ3v) is 18.9. The molecule has 0 N–H and O–H groups in total. The molecule has 4 aromatic rings. The van der Waals surface area contributed by atoms with Crippen LogP contribution in [0.4, 0.5) is 0 Å². The van der Waals surface area contributed by atoms with Crippen LogP contribution in [0.25, 0.3) is 16.3 Å². The lowest BCUT2D eigenvalue weighted by molar-refractivity contribution is -0.146. The highest BCUT2D eigenvalue weighted by molar-refractivity contribution is 6.77. The van der Waals surface area contributed by atoms with Crippen LogP contribution >= 0.6 is 11.6 Å². The lowest BCUT2D eigenvalue weighted by Crippen LogP contribution is -2.48. The number of ether oxygens (including phenoxy) is 6. The van der Waals surface area contributed by atoms with Crippen molar-refractivity contribution in [2.75, 3.05) is 34.5 Å². The molecular weight excluding hydrogens is 818 g/mol. The summed E-state index contributed by atoms with van der Waals surface area (Å²) in [5.41, 5.74) is 5.64. The van der Waals surface area contributed by atoms with E-state index in [1.54, 1.807) is 20.3 Å². The van der Waals surface area contributed by atoms with Crippen molar-refractivity contribution in [3.63, 3.8) is 0 Å². The Hall–Kier alpha value is -4.77. The van der Waals surface area contributed by atoms with E-state index in [1.165, 1.54) is 7.11 Å². The molecule has 9 nitrogen and oxygen atoms in total. The van der Waals surface area contributed by atoms with Gasteiger partial charge in [0, 0.05) is 28.2 Å². The molecule has 1 aliphatic heterocycles. The fourth-order valence-electron chi connectivity index (χ4n) is 9.50. The molecule has 3 atom stereocenters. The van der Waals surface area contributed by atoms with Crippen LogP contribution in [0.1, 0.15) is 84.6 Å². The van der Waals surface area contributed by atoms with Crippen LogP contribution in [0.2, 0.25) is 21.6 Å². The molecule has 2 unspecified atom stereocenters. The van der Waals surface area contributed by atoms with Crippen molar-refractivity contribution in [2.45, 2.75) is 98.2 Å².